The number of carbonyl (C=O) groups excluding carboxylic acids is 3. The number of imide groups is 2. The van der Waals surface area contributed by atoms with E-state index in [-0.39, 0.29) is 6.42 Å². The van der Waals surface area contributed by atoms with Crippen LogP contribution in [-0.2, 0) is 9.59 Å². The molecule has 1 heterocycles. The van der Waals surface area contributed by atoms with E-state index in [1.165, 1.54) is 7.05 Å². The first-order chi connectivity index (χ1) is 8.00. The lowest BCUT2D eigenvalue weighted by molar-refractivity contribution is -0.133. The van der Waals surface area contributed by atoms with Gasteiger partial charge in [-0.1, -0.05) is 11.6 Å². The fourth-order valence-electron chi connectivity index (χ4n) is 1.53. The molecule has 1 aliphatic rings. The largest absolute Gasteiger partial charge is 0.337 e. The Labute approximate surface area is 103 Å². The lowest BCUT2D eigenvalue weighted by Crippen LogP contribution is -2.53. The molecule has 0 unspecified atom stereocenters. The van der Waals surface area contributed by atoms with Gasteiger partial charge in [0.1, 0.15) is 6.42 Å². The molecule has 0 aromatic heterocycles. The van der Waals surface area contributed by atoms with Gasteiger partial charge in [-0.15, -0.1) is 0 Å². The quantitative estimate of drug-likeness (QED) is 0.714. The zero-order valence-corrected chi connectivity index (χ0v) is 9.77. The van der Waals surface area contributed by atoms with Crippen LogP contribution in [0.2, 0.25) is 5.02 Å². The Kier molecular flexibility index (Phi) is 2.85. The Hall–Kier alpha value is -1.88. The van der Waals surface area contributed by atoms with Crippen molar-refractivity contribution < 1.29 is 14.4 Å². The van der Waals surface area contributed by atoms with Crippen LogP contribution in [0.5, 0.6) is 0 Å². The Morgan fingerprint density at radius 3 is 2.24 bits per heavy atom. The first kappa shape index (κ1) is 11.6. The third kappa shape index (κ3) is 2.01. The van der Waals surface area contributed by atoms with Crippen molar-refractivity contribution in [2.24, 2.45) is 0 Å². The molecule has 1 fully saturated rings. The predicted octanol–water partition coefficient (Wildman–Crippen LogP) is 1.66. The maximum atomic E-state index is 11.8. The highest BCUT2D eigenvalue weighted by molar-refractivity contribution is 6.31. The van der Waals surface area contributed by atoms with Crippen molar-refractivity contribution in [3.05, 3.63) is 29.3 Å². The average Bonchev–Trinajstić information content (AvgIpc) is 2.29. The van der Waals surface area contributed by atoms with Gasteiger partial charge in [-0.25, -0.2) is 9.69 Å². The van der Waals surface area contributed by atoms with E-state index in [4.69, 9.17) is 11.6 Å². The molecule has 1 saturated heterocycles. The lowest BCUT2D eigenvalue weighted by atomic mass is 10.2. The Morgan fingerprint density at radius 2 is 1.65 bits per heavy atom. The summed E-state index contributed by atoms with van der Waals surface area (Å²) >= 11 is 5.72. The van der Waals surface area contributed by atoms with E-state index in [0.29, 0.717) is 10.7 Å². The fraction of sp³-hybridized carbons (Fsp3) is 0.182. The summed E-state index contributed by atoms with van der Waals surface area (Å²) in [5, 5.41) is 0.509. The Balaban J connectivity index is 2.37. The molecule has 0 bridgehead atoms. The van der Waals surface area contributed by atoms with Crippen molar-refractivity contribution in [2.75, 3.05) is 11.9 Å². The standard InChI is InChI=1S/C11H9ClN2O3/c1-13-9(15)6-10(16)14(11(13)17)8-4-2-7(12)3-5-8/h2-5H,6H2,1H3. The van der Waals surface area contributed by atoms with E-state index in [2.05, 4.69) is 0 Å². The van der Waals surface area contributed by atoms with Crippen LogP contribution in [0.3, 0.4) is 0 Å². The number of rotatable bonds is 1. The van der Waals surface area contributed by atoms with E-state index in [1.54, 1.807) is 24.3 Å². The van der Waals surface area contributed by atoms with Crippen LogP contribution >= 0.6 is 11.6 Å². The molecule has 2 rings (SSSR count). The number of hydrogen-bond acceptors (Lipinski definition) is 3. The van der Waals surface area contributed by atoms with Crippen molar-refractivity contribution in [3.8, 4) is 0 Å². The lowest BCUT2D eigenvalue weighted by Gasteiger charge is -2.30. The molecule has 17 heavy (non-hydrogen) atoms. The monoisotopic (exact) mass is 252 g/mol. The van der Waals surface area contributed by atoms with Crippen molar-refractivity contribution >= 4 is 35.1 Å². The van der Waals surface area contributed by atoms with Crippen LogP contribution in [0.25, 0.3) is 0 Å². The van der Waals surface area contributed by atoms with E-state index >= 15 is 0 Å². The van der Waals surface area contributed by atoms with Gasteiger partial charge in [0, 0.05) is 12.1 Å². The van der Waals surface area contributed by atoms with Crippen molar-refractivity contribution in [1.29, 1.82) is 0 Å². The van der Waals surface area contributed by atoms with Crippen LogP contribution in [-0.4, -0.2) is 29.8 Å². The molecular formula is C11H9ClN2O3. The molecule has 5 nitrogen and oxygen atoms in total. The molecule has 88 valence electrons. The van der Waals surface area contributed by atoms with Crippen molar-refractivity contribution in [3.63, 3.8) is 0 Å². The minimum Gasteiger partial charge on any atom is -0.274 e. The van der Waals surface area contributed by atoms with Gasteiger partial charge in [-0.3, -0.25) is 14.5 Å². The fourth-order valence-corrected chi connectivity index (χ4v) is 1.66. The molecule has 0 radical (unpaired) electrons. The van der Waals surface area contributed by atoms with Crippen LogP contribution in [0.15, 0.2) is 24.3 Å². The molecule has 0 saturated carbocycles. The second-order valence-electron chi connectivity index (χ2n) is 3.62. The van der Waals surface area contributed by atoms with Gasteiger partial charge in [-0.05, 0) is 24.3 Å². The number of hydrogen-bond donors (Lipinski definition) is 0. The zero-order valence-electron chi connectivity index (χ0n) is 9.01. The van der Waals surface area contributed by atoms with Gasteiger partial charge < -0.3 is 0 Å². The second kappa shape index (κ2) is 4.18. The maximum absolute atomic E-state index is 11.8. The summed E-state index contributed by atoms with van der Waals surface area (Å²) in [4.78, 5) is 36.7. The van der Waals surface area contributed by atoms with Gasteiger partial charge in [0.2, 0.25) is 11.8 Å². The molecule has 0 N–H and O–H groups in total. The van der Waals surface area contributed by atoms with Crippen molar-refractivity contribution in [1.82, 2.24) is 4.90 Å². The van der Waals surface area contributed by atoms with Gasteiger partial charge in [0.05, 0.1) is 5.69 Å². The Bertz CT molecular complexity index is 498. The summed E-state index contributed by atoms with van der Waals surface area (Å²) in [6.07, 6.45) is -0.301. The second-order valence-corrected chi connectivity index (χ2v) is 4.05. The van der Waals surface area contributed by atoms with E-state index in [1.807, 2.05) is 0 Å². The van der Waals surface area contributed by atoms with Crippen LogP contribution in [0, 0.1) is 0 Å². The molecule has 0 atom stereocenters. The maximum Gasteiger partial charge on any atom is 0.337 e. The van der Waals surface area contributed by atoms with Gasteiger partial charge in [0.15, 0.2) is 0 Å². The van der Waals surface area contributed by atoms with Crippen LogP contribution in [0.4, 0.5) is 10.5 Å². The third-order valence-corrected chi connectivity index (χ3v) is 2.74. The molecule has 0 aliphatic carbocycles. The summed E-state index contributed by atoms with van der Waals surface area (Å²) in [7, 11) is 1.35. The molecule has 0 spiro atoms. The molecule has 1 aliphatic heterocycles. The molecule has 4 amide bonds. The third-order valence-electron chi connectivity index (χ3n) is 2.49. The number of carbonyl (C=O) groups is 3. The highest BCUT2D eigenvalue weighted by Crippen LogP contribution is 2.22. The topological polar surface area (TPSA) is 57.7 Å². The summed E-state index contributed by atoms with van der Waals surface area (Å²) < 4.78 is 0. The normalized spacial score (nSPS) is 16.7. The van der Waals surface area contributed by atoms with Gasteiger partial charge >= 0.3 is 6.03 Å². The smallest absolute Gasteiger partial charge is 0.274 e. The average molecular weight is 253 g/mol. The minimum atomic E-state index is -0.645. The predicted molar refractivity (Wildman–Crippen MR) is 61.7 cm³/mol. The van der Waals surface area contributed by atoms with Crippen LogP contribution in [0.1, 0.15) is 6.42 Å². The summed E-state index contributed by atoms with van der Waals surface area (Å²) in [6, 6.07) is 5.62. The number of urea groups is 1. The summed E-state index contributed by atoms with van der Waals surface area (Å²) in [5.74, 6) is -1.02. The SMILES string of the molecule is CN1C(=O)CC(=O)N(c2ccc(Cl)cc2)C1=O. The molecule has 6 heteroatoms. The summed E-state index contributed by atoms with van der Waals surface area (Å²) in [6.45, 7) is 0. The zero-order chi connectivity index (χ0) is 12.6. The minimum absolute atomic E-state index is 0.301. The number of benzene rings is 1. The summed E-state index contributed by atoms with van der Waals surface area (Å²) in [5.41, 5.74) is 0.406. The number of nitrogens with zero attached hydrogens (tertiary/aromatic N) is 2. The first-order valence-electron chi connectivity index (χ1n) is 4.90. The number of amides is 4. The number of halogens is 1. The van der Waals surface area contributed by atoms with Crippen molar-refractivity contribution in [2.45, 2.75) is 6.42 Å². The molecule has 1 aromatic rings. The number of anilines is 1. The van der Waals surface area contributed by atoms with Gasteiger partial charge in [0.25, 0.3) is 0 Å². The van der Waals surface area contributed by atoms with E-state index in [9.17, 15) is 14.4 Å². The molecular weight excluding hydrogens is 244 g/mol. The van der Waals surface area contributed by atoms with Gasteiger partial charge in [-0.2, -0.15) is 0 Å². The highest BCUT2D eigenvalue weighted by Gasteiger charge is 2.36. The van der Waals surface area contributed by atoms with E-state index in [0.717, 1.165) is 9.80 Å². The number of barbiturate groups is 1. The highest BCUT2D eigenvalue weighted by atomic mass is 35.5. The Morgan fingerprint density at radius 1 is 1.06 bits per heavy atom. The van der Waals surface area contributed by atoms with Crippen LogP contribution < -0.4 is 4.90 Å². The van der Waals surface area contributed by atoms with E-state index < -0.39 is 17.8 Å². The molecule has 1 aromatic carbocycles. The first-order valence-corrected chi connectivity index (χ1v) is 5.27.